The van der Waals surface area contributed by atoms with Crippen LogP contribution in [0.2, 0.25) is 0 Å². The summed E-state index contributed by atoms with van der Waals surface area (Å²) in [4.78, 5) is 12.7. The fourth-order valence-corrected chi connectivity index (χ4v) is 3.94. The molecular weight excluding hydrogens is 358 g/mol. The third-order valence-corrected chi connectivity index (χ3v) is 6.43. The Bertz CT molecular complexity index is 632. The Morgan fingerprint density at radius 1 is 1.24 bits per heavy atom. The van der Waals surface area contributed by atoms with E-state index in [1.807, 2.05) is 20.1 Å². The second kappa shape index (κ2) is 10.2. The van der Waals surface area contributed by atoms with Crippen LogP contribution in [0.1, 0.15) is 33.1 Å². The number of hydrogen-bond donors (Lipinski definition) is 3. The molecule has 0 saturated heterocycles. The number of sulfonamides is 1. The minimum Gasteiger partial charge on any atom is -0.353 e. The van der Waals surface area contributed by atoms with Crippen LogP contribution in [0, 0.1) is 0 Å². The van der Waals surface area contributed by atoms with Crippen molar-refractivity contribution < 1.29 is 13.2 Å². The molecule has 0 aliphatic rings. The summed E-state index contributed by atoms with van der Waals surface area (Å²) in [6.07, 6.45) is 3.79. The molecular formula is C17H29N3O3S2. The normalized spacial score (nSPS) is 13.4. The molecule has 1 unspecified atom stereocenters. The number of hydrogen-bond acceptors (Lipinski definition) is 5. The second-order valence-electron chi connectivity index (χ2n) is 6.06. The van der Waals surface area contributed by atoms with Gasteiger partial charge in [0.2, 0.25) is 15.9 Å². The van der Waals surface area contributed by atoms with Gasteiger partial charge < -0.3 is 11.1 Å². The van der Waals surface area contributed by atoms with Crippen molar-refractivity contribution in [2.24, 2.45) is 5.73 Å². The number of thioether (sulfide) groups is 1. The topological polar surface area (TPSA) is 101 Å². The molecule has 1 atom stereocenters. The van der Waals surface area contributed by atoms with Crippen molar-refractivity contribution in [2.75, 3.05) is 18.6 Å². The van der Waals surface area contributed by atoms with E-state index >= 15 is 0 Å². The summed E-state index contributed by atoms with van der Waals surface area (Å²) in [6, 6.07) is 7.23. The predicted molar refractivity (Wildman–Crippen MR) is 104 cm³/mol. The zero-order valence-electron chi connectivity index (χ0n) is 15.1. The summed E-state index contributed by atoms with van der Waals surface area (Å²) in [6.45, 7) is 4.26. The molecule has 0 fully saturated rings. The van der Waals surface area contributed by atoms with Gasteiger partial charge in [-0.15, -0.1) is 0 Å². The number of amides is 1. The highest BCUT2D eigenvalue weighted by Gasteiger charge is 2.27. The molecule has 25 heavy (non-hydrogen) atoms. The number of carbonyl (C=O) groups excluding carboxylic acids is 1. The van der Waals surface area contributed by atoms with Crippen molar-refractivity contribution in [1.29, 1.82) is 0 Å². The van der Waals surface area contributed by atoms with Crippen LogP contribution in [0.25, 0.3) is 0 Å². The molecule has 1 rings (SSSR count). The first-order valence-electron chi connectivity index (χ1n) is 8.41. The highest BCUT2D eigenvalue weighted by molar-refractivity contribution is 7.98. The van der Waals surface area contributed by atoms with Gasteiger partial charge in [-0.1, -0.05) is 32.0 Å². The number of nitrogens with one attached hydrogen (secondary N) is 2. The SMILES string of the molecule is CCC(N)(CC)CNC(=O)C(CCSC)NS(=O)(=O)c1ccccc1. The van der Waals surface area contributed by atoms with E-state index in [2.05, 4.69) is 10.0 Å². The zero-order chi connectivity index (χ0) is 18.9. The second-order valence-corrected chi connectivity index (χ2v) is 8.76. The molecule has 0 heterocycles. The highest BCUT2D eigenvalue weighted by Crippen LogP contribution is 2.12. The summed E-state index contributed by atoms with van der Waals surface area (Å²) < 4.78 is 27.5. The Labute approximate surface area is 155 Å². The van der Waals surface area contributed by atoms with Crippen LogP contribution in [-0.2, 0) is 14.8 Å². The summed E-state index contributed by atoms with van der Waals surface area (Å²) in [7, 11) is -3.75. The van der Waals surface area contributed by atoms with Gasteiger partial charge in [-0.25, -0.2) is 8.42 Å². The summed E-state index contributed by atoms with van der Waals surface area (Å²) in [5, 5.41) is 2.81. The van der Waals surface area contributed by atoms with Crippen LogP contribution in [0.15, 0.2) is 35.2 Å². The van der Waals surface area contributed by atoms with Gasteiger partial charge in [-0.05, 0) is 43.4 Å². The summed E-state index contributed by atoms with van der Waals surface area (Å²) >= 11 is 1.56. The van der Waals surface area contributed by atoms with Crippen LogP contribution in [0.5, 0.6) is 0 Å². The number of rotatable bonds is 11. The van der Waals surface area contributed by atoms with Crippen molar-refractivity contribution in [1.82, 2.24) is 10.0 Å². The summed E-state index contributed by atoms with van der Waals surface area (Å²) in [5.41, 5.74) is 5.73. The average Bonchev–Trinajstić information content (AvgIpc) is 2.63. The Morgan fingerprint density at radius 2 is 1.84 bits per heavy atom. The quantitative estimate of drug-likeness (QED) is 0.537. The zero-order valence-corrected chi connectivity index (χ0v) is 16.8. The molecule has 0 saturated carbocycles. The van der Waals surface area contributed by atoms with Crippen molar-refractivity contribution in [2.45, 2.75) is 49.6 Å². The van der Waals surface area contributed by atoms with Gasteiger partial charge in [0.15, 0.2) is 0 Å². The molecule has 0 aliphatic carbocycles. The molecule has 0 bridgehead atoms. The van der Waals surface area contributed by atoms with Gasteiger partial charge in [0.25, 0.3) is 0 Å². The van der Waals surface area contributed by atoms with Crippen molar-refractivity contribution in [3.8, 4) is 0 Å². The number of nitrogens with two attached hydrogens (primary N) is 1. The monoisotopic (exact) mass is 387 g/mol. The lowest BCUT2D eigenvalue weighted by Crippen LogP contribution is -2.54. The van der Waals surface area contributed by atoms with E-state index in [0.717, 1.165) is 12.8 Å². The van der Waals surface area contributed by atoms with Crippen molar-refractivity contribution in [3.05, 3.63) is 30.3 Å². The van der Waals surface area contributed by atoms with Crippen LogP contribution in [-0.4, -0.2) is 44.5 Å². The van der Waals surface area contributed by atoms with Gasteiger partial charge in [-0.3, -0.25) is 4.79 Å². The lowest BCUT2D eigenvalue weighted by Gasteiger charge is -2.28. The van der Waals surface area contributed by atoms with Gasteiger partial charge in [0.05, 0.1) is 4.90 Å². The number of benzene rings is 1. The number of carbonyl (C=O) groups is 1. The van der Waals surface area contributed by atoms with Crippen LogP contribution in [0.3, 0.4) is 0 Å². The maximum absolute atomic E-state index is 12.5. The Morgan fingerprint density at radius 3 is 2.36 bits per heavy atom. The predicted octanol–water partition coefficient (Wildman–Crippen LogP) is 1.72. The molecule has 0 spiro atoms. The highest BCUT2D eigenvalue weighted by atomic mass is 32.2. The van der Waals surface area contributed by atoms with Crippen LogP contribution in [0.4, 0.5) is 0 Å². The van der Waals surface area contributed by atoms with Crippen molar-refractivity contribution >= 4 is 27.7 Å². The minimum absolute atomic E-state index is 0.146. The first-order valence-corrected chi connectivity index (χ1v) is 11.3. The summed E-state index contributed by atoms with van der Waals surface area (Å²) in [5.74, 6) is 0.329. The smallest absolute Gasteiger partial charge is 0.241 e. The van der Waals surface area contributed by atoms with E-state index in [1.54, 1.807) is 30.0 Å². The first kappa shape index (κ1) is 22.0. The van der Waals surface area contributed by atoms with E-state index in [4.69, 9.17) is 5.73 Å². The Kier molecular flexibility index (Phi) is 8.92. The van der Waals surface area contributed by atoms with E-state index in [-0.39, 0.29) is 10.8 Å². The van der Waals surface area contributed by atoms with E-state index < -0.39 is 21.6 Å². The minimum atomic E-state index is -3.75. The van der Waals surface area contributed by atoms with Gasteiger partial charge >= 0.3 is 0 Å². The Hall–Kier alpha value is -1.09. The Balaban J connectivity index is 2.84. The van der Waals surface area contributed by atoms with Gasteiger partial charge in [0, 0.05) is 12.1 Å². The lowest BCUT2D eigenvalue weighted by molar-refractivity contribution is -0.123. The molecule has 8 heteroatoms. The molecule has 1 amide bonds. The fraction of sp³-hybridized carbons (Fsp3) is 0.588. The van der Waals surface area contributed by atoms with E-state index in [9.17, 15) is 13.2 Å². The molecule has 6 nitrogen and oxygen atoms in total. The fourth-order valence-electron chi connectivity index (χ4n) is 2.22. The first-order chi connectivity index (χ1) is 11.8. The lowest BCUT2D eigenvalue weighted by atomic mass is 9.94. The van der Waals surface area contributed by atoms with Gasteiger partial charge in [0.1, 0.15) is 6.04 Å². The standard InChI is InChI=1S/C17H29N3O3S2/c1-4-17(18,5-2)13-19-16(21)15(11-12-24-3)20-25(22,23)14-9-7-6-8-10-14/h6-10,15,20H,4-5,11-13,18H2,1-3H3,(H,19,21). The average molecular weight is 388 g/mol. The third kappa shape index (κ3) is 6.97. The largest absolute Gasteiger partial charge is 0.353 e. The molecule has 1 aromatic rings. The van der Waals surface area contributed by atoms with Crippen molar-refractivity contribution in [3.63, 3.8) is 0 Å². The molecule has 0 radical (unpaired) electrons. The molecule has 0 aliphatic heterocycles. The molecule has 1 aromatic carbocycles. The van der Waals surface area contributed by atoms with Crippen LogP contribution >= 0.6 is 11.8 Å². The maximum Gasteiger partial charge on any atom is 0.241 e. The molecule has 4 N–H and O–H groups in total. The molecule has 142 valence electrons. The van der Waals surface area contributed by atoms with E-state index in [0.29, 0.717) is 18.7 Å². The van der Waals surface area contributed by atoms with Gasteiger partial charge in [-0.2, -0.15) is 16.5 Å². The third-order valence-electron chi connectivity index (χ3n) is 4.30. The van der Waals surface area contributed by atoms with Crippen LogP contribution < -0.4 is 15.8 Å². The maximum atomic E-state index is 12.5. The molecule has 0 aromatic heterocycles. The van der Waals surface area contributed by atoms with E-state index in [1.165, 1.54) is 12.1 Å².